The van der Waals surface area contributed by atoms with E-state index in [0.29, 0.717) is 0 Å². The molecule has 0 aliphatic carbocycles. The highest BCUT2D eigenvalue weighted by Gasteiger charge is 2.34. The van der Waals surface area contributed by atoms with E-state index in [9.17, 15) is 4.79 Å². The van der Waals surface area contributed by atoms with Crippen LogP contribution >= 0.6 is 69.6 Å². The fourth-order valence-electron chi connectivity index (χ4n) is 0.251. The average Bonchev–Trinajstić information content (AvgIpc) is 1.82. The fraction of sp³-hybridized carbons (Fsp3) is 0.500. The number of ether oxygens (including phenoxy) is 1. The van der Waals surface area contributed by atoms with Crippen molar-refractivity contribution in [1.29, 1.82) is 0 Å². The van der Waals surface area contributed by atoms with Crippen molar-refractivity contribution in [3.05, 3.63) is 0 Å². The van der Waals surface area contributed by atoms with Crippen LogP contribution in [0.5, 0.6) is 0 Å². The number of carbonyl (C=O) groups excluding carboxylic acids is 1. The molecule has 0 heterocycles. The zero-order chi connectivity index (χ0) is 10.6. The smallest absolute Gasteiger partial charge is 0.423 e. The standard InChI is InChI=1S/C4HCl6NO2/c5-1(4(8,9)10)13-3(12)11-2(6)7/h1H. The lowest BCUT2D eigenvalue weighted by atomic mass is 10.8. The summed E-state index contributed by atoms with van der Waals surface area (Å²) in [5.41, 5.74) is -1.47. The Labute approximate surface area is 104 Å². The SMILES string of the molecule is O=C(N=C(Cl)Cl)OC(Cl)C(Cl)(Cl)Cl. The highest BCUT2D eigenvalue weighted by molar-refractivity contribution is 6.95. The number of nitrogens with zero attached hydrogens (tertiary/aromatic N) is 1. The Hall–Kier alpha value is 0.880. The molecule has 0 aliphatic heterocycles. The molecule has 1 amide bonds. The van der Waals surface area contributed by atoms with E-state index >= 15 is 0 Å². The monoisotopic (exact) mass is 305 g/mol. The van der Waals surface area contributed by atoms with Gasteiger partial charge in [-0.25, -0.2) is 4.79 Å². The van der Waals surface area contributed by atoms with E-state index in [0.717, 1.165) is 0 Å². The van der Waals surface area contributed by atoms with Gasteiger partial charge in [0.2, 0.25) is 14.0 Å². The lowest BCUT2D eigenvalue weighted by Gasteiger charge is -2.16. The van der Waals surface area contributed by atoms with Crippen molar-refractivity contribution in [2.24, 2.45) is 4.99 Å². The molecular weight excluding hydrogens is 307 g/mol. The molecule has 9 heteroatoms. The summed E-state index contributed by atoms with van der Waals surface area (Å²) in [4.78, 5) is 13.6. The second kappa shape index (κ2) is 5.69. The molecule has 1 atom stereocenters. The minimum Gasteiger partial charge on any atom is -0.423 e. The van der Waals surface area contributed by atoms with Crippen LogP contribution in [0.15, 0.2) is 4.99 Å². The Morgan fingerprint density at radius 3 is 2.08 bits per heavy atom. The zero-order valence-corrected chi connectivity index (χ0v) is 10.1. The van der Waals surface area contributed by atoms with E-state index in [1.165, 1.54) is 0 Å². The van der Waals surface area contributed by atoms with Gasteiger partial charge in [0.25, 0.3) is 0 Å². The van der Waals surface area contributed by atoms with Crippen LogP contribution in [0, 0.1) is 0 Å². The molecule has 0 rings (SSSR count). The van der Waals surface area contributed by atoms with Crippen LogP contribution in [-0.4, -0.2) is 20.1 Å². The lowest BCUT2D eigenvalue weighted by Crippen LogP contribution is -2.24. The number of aliphatic imine (C=N–C) groups is 1. The van der Waals surface area contributed by atoms with E-state index in [1.807, 2.05) is 0 Å². The summed E-state index contributed by atoms with van der Waals surface area (Å²) in [5.74, 6) is 0. The first-order valence-electron chi connectivity index (χ1n) is 2.54. The summed E-state index contributed by atoms with van der Waals surface area (Å²) < 4.78 is 1.83. The van der Waals surface area contributed by atoms with Crippen molar-refractivity contribution < 1.29 is 9.53 Å². The van der Waals surface area contributed by atoms with Gasteiger partial charge in [-0.3, -0.25) is 0 Å². The van der Waals surface area contributed by atoms with Gasteiger partial charge in [-0.2, -0.15) is 4.99 Å². The highest BCUT2D eigenvalue weighted by atomic mass is 35.6. The normalized spacial score (nSPS) is 13.4. The summed E-state index contributed by atoms with van der Waals surface area (Å²) in [7, 11) is 0. The molecule has 0 N–H and O–H groups in total. The Morgan fingerprint density at radius 2 is 1.77 bits per heavy atom. The molecule has 76 valence electrons. The van der Waals surface area contributed by atoms with Crippen molar-refractivity contribution >= 4 is 80.3 Å². The molecule has 0 fully saturated rings. The predicted octanol–water partition coefficient (Wildman–Crippen LogP) is 3.89. The summed E-state index contributed by atoms with van der Waals surface area (Å²) >= 11 is 31.2. The quantitative estimate of drug-likeness (QED) is 0.544. The molecule has 0 saturated heterocycles. The number of halogens is 6. The van der Waals surface area contributed by atoms with Crippen LogP contribution in [0.3, 0.4) is 0 Å². The third kappa shape index (κ3) is 6.89. The maximum absolute atomic E-state index is 10.7. The summed E-state index contributed by atoms with van der Waals surface area (Å²) in [6.45, 7) is 0. The largest absolute Gasteiger partial charge is 0.437 e. The molecule has 1 unspecified atom stereocenters. The lowest BCUT2D eigenvalue weighted by molar-refractivity contribution is 0.145. The van der Waals surface area contributed by atoms with E-state index in [2.05, 4.69) is 9.73 Å². The van der Waals surface area contributed by atoms with Gasteiger partial charge < -0.3 is 4.74 Å². The Balaban J connectivity index is 4.16. The van der Waals surface area contributed by atoms with E-state index < -0.39 is 20.1 Å². The van der Waals surface area contributed by atoms with Gasteiger partial charge in [-0.15, -0.1) is 0 Å². The minimum atomic E-state index is -1.94. The highest BCUT2D eigenvalue weighted by Crippen LogP contribution is 2.34. The van der Waals surface area contributed by atoms with Gasteiger partial charge >= 0.3 is 6.09 Å². The molecule has 0 saturated carbocycles. The molecule has 0 spiro atoms. The maximum Gasteiger partial charge on any atom is 0.437 e. The van der Waals surface area contributed by atoms with Gasteiger partial charge in [-0.1, -0.05) is 46.4 Å². The molecule has 3 nitrogen and oxygen atoms in total. The van der Waals surface area contributed by atoms with Crippen molar-refractivity contribution in [3.63, 3.8) is 0 Å². The average molecular weight is 308 g/mol. The first-order valence-corrected chi connectivity index (χ1v) is 4.87. The molecule has 0 bridgehead atoms. The van der Waals surface area contributed by atoms with Gasteiger partial charge in [0, 0.05) is 0 Å². The Kier molecular flexibility index (Phi) is 6.07. The molecular formula is C4HCl6NO2. The van der Waals surface area contributed by atoms with Crippen LogP contribution in [0.25, 0.3) is 0 Å². The van der Waals surface area contributed by atoms with Crippen molar-refractivity contribution in [2.75, 3.05) is 0 Å². The van der Waals surface area contributed by atoms with E-state index in [-0.39, 0.29) is 0 Å². The second-order valence-electron chi connectivity index (χ2n) is 1.59. The van der Waals surface area contributed by atoms with Gasteiger partial charge in [-0.05, 0) is 23.2 Å². The summed E-state index contributed by atoms with van der Waals surface area (Å²) in [6.07, 6.45) is -1.15. The number of rotatable bonds is 1. The third-order valence-corrected chi connectivity index (χ3v) is 2.15. The number of hydrogen-bond donors (Lipinski definition) is 0. The zero-order valence-electron chi connectivity index (χ0n) is 5.61. The van der Waals surface area contributed by atoms with Crippen molar-refractivity contribution in [3.8, 4) is 0 Å². The molecule has 0 aromatic heterocycles. The van der Waals surface area contributed by atoms with Crippen LogP contribution in [0.2, 0.25) is 0 Å². The molecule has 0 aromatic rings. The number of alkyl halides is 4. The summed E-state index contributed by atoms with van der Waals surface area (Å²) in [6, 6.07) is 0. The molecule has 0 radical (unpaired) electrons. The number of hydrogen-bond acceptors (Lipinski definition) is 2. The van der Waals surface area contributed by atoms with Crippen LogP contribution in [-0.2, 0) is 4.74 Å². The van der Waals surface area contributed by atoms with Gasteiger partial charge in [0.05, 0.1) is 0 Å². The second-order valence-corrected chi connectivity index (χ2v) is 5.27. The first-order chi connectivity index (χ1) is 5.73. The van der Waals surface area contributed by atoms with Crippen LogP contribution in [0.1, 0.15) is 0 Å². The maximum atomic E-state index is 10.7. The fourth-order valence-corrected chi connectivity index (χ4v) is 0.599. The molecule has 0 aliphatic rings. The summed E-state index contributed by atoms with van der Waals surface area (Å²) in [5, 5.41) is 0. The topological polar surface area (TPSA) is 38.7 Å². The van der Waals surface area contributed by atoms with Gasteiger partial charge in [0.1, 0.15) is 0 Å². The van der Waals surface area contributed by atoms with Crippen molar-refractivity contribution in [2.45, 2.75) is 9.36 Å². The van der Waals surface area contributed by atoms with Crippen molar-refractivity contribution in [1.82, 2.24) is 0 Å². The minimum absolute atomic E-state index is 0.529. The number of carbonyl (C=O) groups is 1. The van der Waals surface area contributed by atoms with Crippen LogP contribution < -0.4 is 0 Å². The third-order valence-electron chi connectivity index (χ3n) is 0.637. The Bertz CT molecular complexity index is 219. The molecule has 13 heavy (non-hydrogen) atoms. The van der Waals surface area contributed by atoms with E-state index in [1.54, 1.807) is 0 Å². The number of amides is 1. The Morgan fingerprint density at radius 1 is 1.31 bits per heavy atom. The first kappa shape index (κ1) is 13.9. The molecule has 0 aromatic carbocycles. The van der Waals surface area contributed by atoms with Gasteiger partial charge in [0.15, 0.2) is 0 Å². The van der Waals surface area contributed by atoms with E-state index in [4.69, 9.17) is 69.6 Å². The predicted molar refractivity (Wildman–Crippen MR) is 55.6 cm³/mol. The van der Waals surface area contributed by atoms with Crippen LogP contribution in [0.4, 0.5) is 4.79 Å².